The van der Waals surface area contributed by atoms with Crippen LogP contribution in [0.5, 0.6) is 0 Å². The first-order chi connectivity index (χ1) is 5.31. The predicted molar refractivity (Wildman–Crippen MR) is 52.7 cm³/mol. The van der Waals surface area contributed by atoms with Crippen LogP contribution >= 0.6 is 0 Å². The molecule has 0 fully saturated rings. The summed E-state index contributed by atoms with van der Waals surface area (Å²) in [5.74, 6) is 0. The highest BCUT2D eigenvalue weighted by atomic mass is 14.4. The van der Waals surface area contributed by atoms with E-state index in [0.29, 0.717) is 17.3 Å². The van der Waals surface area contributed by atoms with E-state index in [1.165, 1.54) is 0 Å². The van der Waals surface area contributed by atoms with Crippen LogP contribution in [0.2, 0.25) is 0 Å². The van der Waals surface area contributed by atoms with E-state index in [9.17, 15) is 0 Å². The summed E-state index contributed by atoms with van der Waals surface area (Å²) in [6.45, 7) is 11.4. The third-order valence-corrected chi connectivity index (χ3v) is 3.12. The molecule has 0 bridgehead atoms. The second-order valence-corrected chi connectivity index (χ2v) is 5.15. The first kappa shape index (κ1) is 11.5. The van der Waals surface area contributed by atoms with Gasteiger partial charge in [0, 0.05) is 6.42 Å². The van der Waals surface area contributed by atoms with Gasteiger partial charge < -0.3 is 0 Å². The summed E-state index contributed by atoms with van der Waals surface area (Å²) >= 11 is 0. The summed E-state index contributed by atoms with van der Waals surface area (Å²) in [6.07, 6.45) is 2.87. The van der Waals surface area contributed by atoms with Crippen LogP contribution < -0.4 is 0 Å². The van der Waals surface area contributed by atoms with Crippen LogP contribution in [0.1, 0.15) is 53.9 Å². The molecule has 0 saturated heterocycles. The van der Waals surface area contributed by atoms with Crippen LogP contribution in [0.25, 0.3) is 0 Å². The fourth-order valence-electron chi connectivity index (χ4n) is 0.984. The quantitative estimate of drug-likeness (QED) is 0.587. The van der Waals surface area contributed by atoms with Gasteiger partial charge in [-0.05, 0) is 23.7 Å². The van der Waals surface area contributed by atoms with E-state index in [1.807, 2.05) is 0 Å². The van der Waals surface area contributed by atoms with E-state index in [1.54, 1.807) is 0 Å². The smallest absolute Gasteiger partial charge is 0.0621 e. The molecule has 1 heteroatoms. The van der Waals surface area contributed by atoms with Gasteiger partial charge in [-0.3, -0.25) is 0 Å². The average Bonchev–Trinajstić information content (AvgIpc) is 1.85. The number of unbranched alkanes of at least 4 members (excludes halogenated alkanes) is 1. The summed E-state index contributed by atoms with van der Waals surface area (Å²) in [4.78, 5) is 0. The maximum Gasteiger partial charge on any atom is 0.0621 e. The first-order valence-corrected chi connectivity index (χ1v) is 4.68. The van der Waals surface area contributed by atoms with E-state index in [4.69, 9.17) is 5.26 Å². The molecule has 0 aliphatic rings. The van der Waals surface area contributed by atoms with Crippen LogP contribution in [0.4, 0.5) is 0 Å². The fourth-order valence-corrected chi connectivity index (χ4v) is 0.984. The lowest BCUT2D eigenvalue weighted by Gasteiger charge is -2.39. The normalized spacial score (nSPS) is 12.7. The standard InChI is InChI=1S/C11H21N/c1-10(2,3)11(4,5)8-6-7-9-12/h6-8H2,1-5H3. The molecule has 0 aromatic heterocycles. The fraction of sp³-hybridized carbons (Fsp3) is 0.909. The van der Waals surface area contributed by atoms with Crippen LogP contribution in [0, 0.1) is 22.2 Å². The molecule has 12 heavy (non-hydrogen) atoms. The van der Waals surface area contributed by atoms with Crippen LogP contribution in [-0.2, 0) is 0 Å². The van der Waals surface area contributed by atoms with Crippen molar-refractivity contribution in [3.05, 3.63) is 0 Å². The minimum Gasteiger partial charge on any atom is -0.198 e. The maximum atomic E-state index is 8.42. The van der Waals surface area contributed by atoms with E-state index in [0.717, 1.165) is 12.8 Å². The molecule has 0 unspecified atom stereocenters. The third-order valence-electron chi connectivity index (χ3n) is 3.12. The number of hydrogen-bond donors (Lipinski definition) is 0. The zero-order chi connectivity index (χ0) is 9.83. The predicted octanol–water partition coefficient (Wildman–Crippen LogP) is 3.75. The molecule has 0 atom stereocenters. The minimum absolute atomic E-state index is 0.336. The SMILES string of the molecule is CC(C)(C)C(C)(C)CCCC#N. The monoisotopic (exact) mass is 167 g/mol. The van der Waals surface area contributed by atoms with Gasteiger partial charge in [-0.25, -0.2) is 0 Å². The Labute approximate surface area is 76.8 Å². The van der Waals surface area contributed by atoms with Crippen molar-refractivity contribution in [2.45, 2.75) is 53.9 Å². The second-order valence-electron chi connectivity index (χ2n) is 5.15. The van der Waals surface area contributed by atoms with E-state index >= 15 is 0 Å². The Hall–Kier alpha value is -0.510. The first-order valence-electron chi connectivity index (χ1n) is 4.68. The molecule has 0 aromatic rings. The van der Waals surface area contributed by atoms with E-state index in [-0.39, 0.29) is 0 Å². The Morgan fingerprint density at radius 1 is 1.08 bits per heavy atom. The van der Waals surface area contributed by atoms with Gasteiger partial charge >= 0.3 is 0 Å². The Kier molecular flexibility index (Phi) is 3.77. The van der Waals surface area contributed by atoms with Gasteiger partial charge in [0.25, 0.3) is 0 Å². The lowest BCUT2D eigenvalue weighted by atomic mass is 9.67. The maximum absolute atomic E-state index is 8.42. The van der Waals surface area contributed by atoms with Crippen molar-refractivity contribution >= 4 is 0 Å². The number of hydrogen-bond acceptors (Lipinski definition) is 1. The molecule has 0 radical (unpaired) electrons. The lowest BCUT2D eigenvalue weighted by molar-refractivity contribution is 0.117. The van der Waals surface area contributed by atoms with Crippen molar-refractivity contribution in [2.24, 2.45) is 10.8 Å². The summed E-state index contributed by atoms with van der Waals surface area (Å²) in [7, 11) is 0. The molecule has 1 nitrogen and oxygen atoms in total. The Morgan fingerprint density at radius 3 is 1.92 bits per heavy atom. The van der Waals surface area contributed by atoms with Crippen molar-refractivity contribution < 1.29 is 0 Å². The molecule has 70 valence electrons. The van der Waals surface area contributed by atoms with Gasteiger partial charge in [0.1, 0.15) is 0 Å². The Bertz CT molecular complexity index is 166. The van der Waals surface area contributed by atoms with Crippen LogP contribution in [0.15, 0.2) is 0 Å². The van der Waals surface area contributed by atoms with Crippen molar-refractivity contribution in [3.8, 4) is 6.07 Å². The number of nitrogens with zero attached hydrogens (tertiary/aromatic N) is 1. The van der Waals surface area contributed by atoms with E-state index in [2.05, 4.69) is 40.7 Å². The van der Waals surface area contributed by atoms with Gasteiger partial charge in [0.05, 0.1) is 6.07 Å². The largest absolute Gasteiger partial charge is 0.198 e. The van der Waals surface area contributed by atoms with Crippen molar-refractivity contribution in [1.29, 1.82) is 5.26 Å². The van der Waals surface area contributed by atoms with E-state index < -0.39 is 0 Å². The van der Waals surface area contributed by atoms with Crippen LogP contribution in [0.3, 0.4) is 0 Å². The summed E-state index contributed by atoms with van der Waals surface area (Å²) in [6, 6.07) is 2.19. The highest BCUT2D eigenvalue weighted by Gasteiger charge is 2.31. The minimum atomic E-state index is 0.336. The van der Waals surface area contributed by atoms with Gasteiger partial charge in [0.2, 0.25) is 0 Å². The number of nitriles is 1. The average molecular weight is 167 g/mol. The van der Waals surface area contributed by atoms with Crippen molar-refractivity contribution in [2.75, 3.05) is 0 Å². The molecule has 0 aliphatic heterocycles. The molecule has 0 heterocycles. The summed E-state index contributed by atoms with van der Waals surface area (Å²) in [5, 5.41) is 8.42. The van der Waals surface area contributed by atoms with Crippen molar-refractivity contribution in [3.63, 3.8) is 0 Å². The van der Waals surface area contributed by atoms with Gasteiger partial charge in [-0.2, -0.15) is 5.26 Å². The Morgan fingerprint density at radius 2 is 1.58 bits per heavy atom. The zero-order valence-electron chi connectivity index (χ0n) is 9.07. The van der Waals surface area contributed by atoms with Crippen LogP contribution in [-0.4, -0.2) is 0 Å². The van der Waals surface area contributed by atoms with Gasteiger partial charge in [0.15, 0.2) is 0 Å². The third kappa shape index (κ3) is 3.26. The molecular weight excluding hydrogens is 146 g/mol. The zero-order valence-corrected chi connectivity index (χ0v) is 9.07. The second kappa shape index (κ2) is 3.94. The molecule has 0 aromatic carbocycles. The molecule has 0 rings (SSSR count). The summed E-state index contributed by atoms with van der Waals surface area (Å²) < 4.78 is 0. The highest BCUT2D eigenvalue weighted by molar-refractivity contribution is 4.83. The topological polar surface area (TPSA) is 23.8 Å². The molecule has 0 spiro atoms. The lowest BCUT2D eigenvalue weighted by Crippen LogP contribution is -2.29. The highest BCUT2D eigenvalue weighted by Crippen LogP contribution is 2.41. The molecule has 0 saturated carbocycles. The van der Waals surface area contributed by atoms with Crippen molar-refractivity contribution in [1.82, 2.24) is 0 Å². The molecule has 0 aliphatic carbocycles. The summed E-state index contributed by atoms with van der Waals surface area (Å²) in [5.41, 5.74) is 0.673. The van der Waals surface area contributed by atoms with Gasteiger partial charge in [-0.1, -0.05) is 34.6 Å². The molecule has 0 amide bonds. The molecular formula is C11H21N. The van der Waals surface area contributed by atoms with Gasteiger partial charge in [-0.15, -0.1) is 0 Å². The Balaban J connectivity index is 3.98. The number of rotatable bonds is 3. The molecule has 0 N–H and O–H groups in total.